The van der Waals surface area contributed by atoms with Gasteiger partial charge in [0.2, 0.25) is 0 Å². The number of pyridine rings is 1. The Hall–Kier alpha value is -1.46. The number of hydrogen-bond donors (Lipinski definition) is 2. The SMILES string of the molecule is Nc1ccccc1OCCNc1ncc(Br)cc1Cl. The van der Waals surface area contributed by atoms with Crippen LogP contribution in [0.15, 0.2) is 41.0 Å². The van der Waals surface area contributed by atoms with Crippen molar-refractivity contribution in [3.05, 3.63) is 46.0 Å². The number of para-hydroxylation sites is 2. The van der Waals surface area contributed by atoms with Gasteiger partial charge in [0.05, 0.1) is 17.3 Å². The van der Waals surface area contributed by atoms with Crippen molar-refractivity contribution in [1.29, 1.82) is 0 Å². The number of benzene rings is 1. The molecular weight excluding hydrogens is 330 g/mol. The van der Waals surface area contributed by atoms with Crippen molar-refractivity contribution >= 4 is 39.0 Å². The minimum atomic E-state index is 0.474. The molecule has 2 aromatic rings. The van der Waals surface area contributed by atoms with Crippen LogP contribution in [0.2, 0.25) is 5.02 Å². The highest BCUT2D eigenvalue weighted by Crippen LogP contribution is 2.23. The summed E-state index contributed by atoms with van der Waals surface area (Å²) in [4.78, 5) is 4.17. The Labute approximate surface area is 125 Å². The van der Waals surface area contributed by atoms with E-state index in [1.165, 1.54) is 0 Å². The van der Waals surface area contributed by atoms with Gasteiger partial charge in [-0.25, -0.2) is 4.98 Å². The van der Waals surface area contributed by atoms with E-state index >= 15 is 0 Å². The van der Waals surface area contributed by atoms with Gasteiger partial charge in [-0.3, -0.25) is 0 Å². The van der Waals surface area contributed by atoms with Gasteiger partial charge in [-0.05, 0) is 34.1 Å². The van der Waals surface area contributed by atoms with E-state index in [1.807, 2.05) is 18.2 Å². The Morgan fingerprint density at radius 3 is 2.89 bits per heavy atom. The maximum Gasteiger partial charge on any atom is 0.144 e. The van der Waals surface area contributed by atoms with Crippen LogP contribution in [0.5, 0.6) is 5.75 Å². The van der Waals surface area contributed by atoms with Crippen LogP contribution in [0.4, 0.5) is 11.5 Å². The molecule has 0 saturated heterocycles. The Morgan fingerprint density at radius 2 is 2.16 bits per heavy atom. The molecule has 0 fully saturated rings. The molecule has 0 aliphatic heterocycles. The van der Waals surface area contributed by atoms with Crippen LogP contribution < -0.4 is 15.8 Å². The molecule has 0 aliphatic carbocycles. The summed E-state index contributed by atoms with van der Waals surface area (Å²) >= 11 is 9.34. The molecule has 0 amide bonds. The van der Waals surface area contributed by atoms with Crippen molar-refractivity contribution in [2.75, 3.05) is 24.2 Å². The molecule has 19 heavy (non-hydrogen) atoms. The maximum absolute atomic E-state index is 6.03. The van der Waals surface area contributed by atoms with Crippen molar-refractivity contribution < 1.29 is 4.74 Å². The summed E-state index contributed by atoms with van der Waals surface area (Å²) in [5, 5.41) is 3.66. The van der Waals surface area contributed by atoms with Gasteiger partial charge in [0.25, 0.3) is 0 Å². The van der Waals surface area contributed by atoms with E-state index in [9.17, 15) is 0 Å². The molecule has 2 rings (SSSR count). The third kappa shape index (κ3) is 4.01. The molecule has 1 aromatic heterocycles. The third-order valence-corrected chi connectivity index (χ3v) is 3.10. The topological polar surface area (TPSA) is 60.2 Å². The second-order valence-electron chi connectivity index (χ2n) is 3.80. The minimum Gasteiger partial charge on any atom is -0.490 e. The van der Waals surface area contributed by atoms with Gasteiger partial charge < -0.3 is 15.8 Å². The van der Waals surface area contributed by atoms with Gasteiger partial charge in [0.1, 0.15) is 18.2 Å². The fourth-order valence-corrected chi connectivity index (χ4v) is 2.18. The lowest BCUT2D eigenvalue weighted by molar-refractivity contribution is 0.334. The smallest absolute Gasteiger partial charge is 0.144 e. The number of halogens is 2. The molecule has 1 heterocycles. The lowest BCUT2D eigenvalue weighted by Crippen LogP contribution is -2.13. The zero-order valence-electron chi connectivity index (χ0n) is 10.1. The van der Waals surface area contributed by atoms with Crippen molar-refractivity contribution in [1.82, 2.24) is 4.98 Å². The highest BCUT2D eigenvalue weighted by Gasteiger charge is 2.02. The highest BCUT2D eigenvalue weighted by atomic mass is 79.9. The van der Waals surface area contributed by atoms with Crippen LogP contribution in [0.3, 0.4) is 0 Å². The molecule has 0 bridgehead atoms. The van der Waals surface area contributed by atoms with Gasteiger partial charge in [-0.2, -0.15) is 0 Å². The molecule has 4 nitrogen and oxygen atoms in total. The lowest BCUT2D eigenvalue weighted by Gasteiger charge is -2.10. The summed E-state index contributed by atoms with van der Waals surface area (Å²) < 4.78 is 6.40. The first-order valence-electron chi connectivity index (χ1n) is 5.69. The first-order chi connectivity index (χ1) is 9.16. The second kappa shape index (κ2) is 6.63. The molecule has 0 unspecified atom stereocenters. The minimum absolute atomic E-state index is 0.474. The van der Waals surface area contributed by atoms with E-state index < -0.39 is 0 Å². The maximum atomic E-state index is 6.03. The zero-order chi connectivity index (χ0) is 13.7. The standard InChI is InChI=1S/C13H13BrClN3O/c14-9-7-10(15)13(18-8-9)17-5-6-19-12-4-2-1-3-11(12)16/h1-4,7-8H,5-6,16H2,(H,17,18). The molecule has 0 saturated carbocycles. The third-order valence-electron chi connectivity index (χ3n) is 2.38. The van der Waals surface area contributed by atoms with Crippen molar-refractivity contribution in [2.24, 2.45) is 0 Å². The Bertz CT molecular complexity index is 565. The summed E-state index contributed by atoms with van der Waals surface area (Å²) in [6, 6.07) is 9.17. The van der Waals surface area contributed by atoms with Crippen LogP contribution in [-0.2, 0) is 0 Å². The Morgan fingerprint density at radius 1 is 1.37 bits per heavy atom. The number of nitrogens with zero attached hydrogens (tertiary/aromatic N) is 1. The number of nitrogens with two attached hydrogens (primary N) is 1. The molecule has 0 atom stereocenters. The number of rotatable bonds is 5. The fraction of sp³-hybridized carbons (Fsp3) is 0.154. The average Bonchev–Trinajstić information content (AvgIpc) is 2.38. The molecule has 0 radical (unpaired) electrons. The molecule has 6 heteroatoms. The first-order valence-corrected chi connectivity index (χ1v) is 6.86. The van der Waals surface area contributed by atoms with E-state index in [0.29, 0.717) is 35.4 Å². The zero-order valence-corrected chi connectivity index (χ0v) is 12.4. The Kier molecular flexibility index (Phi) is 4.87. The molecule has 0 spiro atoms. The van der Waals surface area contributed by atoms with Crippen LogP contribution in [0.1, 0.15) is 0 Å². The summed E-state index contributed by atoms with van der Waals surface area (Å²) in [5.41, 5.74) is 6.40. The number of hydrogen-bond acceptors (Lipinski definition) is 4. The fourth-order valence-electron chi connectivity index (χ4n) is 1.49. The first kappa shape index (κ1) is 14.0. The average molecular weight is 343 g/mol. The van der Waals surface area contributed by atoms with Crippen LogP contribution in [-0.4, -0.2) is 18.1 Å². The van der Waals surface area contributed by atoms with Gasteiger partial charge in [0, 0.05) is 10.7 Å². The summed E-state index contributed by atoms with van der Waals surface area (Å²) in [6.07, 6.45) is 1.68. The highest BCUT2D eigenvalue weighted by molar-refractivity contribution is 9.10. The van der Waals surface area contributed by atoms with Crippen LogP contribution in [0.25, 0.3) is 0 Å². The van der Waals surface area contributed by atoms with Gasteiger partial charge >= 0.3 is 0 Å². The second-order valence-corrected chi connectivity index (χ2v) is 5.12. The monoisotopic (exact) mass is 341 g/mol. The number of ether oxygens (including phenoxy) is 1. The quantitative estimate of drug-likeness (QED) is 0.644. The van der Waals surface area contributed by atoms with Crippen LogP contribution >= 0.6 is 27.5 Å². The number of nitrogens with one attached hydrogen (secondary N) is 1. The normalized spacial score (nSPS) is 10.2. The van der Waals surface area contributed by atoms with Crippen molar-refractivity contribution in [3.63, 3.8) is 0 Å². The van der Waals surface area contributed by atoms with Crippen molar-refractivity contribution in [3.8, 4) is 5.75 Å². The summed E-state index contributed by atoms with van der Waals surface area (Å²) in [5.74, 6) is 1.31. The predicted octanol–water partition coefficient (Wildman–Crippen LogP) is 3.57. The lowest BCUT2D eigenvalue weighted by atomic mass is 10.3. The van der Waals surface area contributed by atoms with E-state index in [-0.39, 0.29) is 0 Å². The van der Waals surface area contributed by atoms with E-state index in [1.54, 1.807) is 18.3 Å². The predicted molar refractivity (Wildman–Crippen MR) is 81.8 cm³/mol. The molecule has 100 valence electrons. The Balaban J connectivity index is 1.83. The molecule has 0 aliphatic rings. The number of anilines is 2. The number of nitrogen functional groups attached to an aromatic ring is 1. The van der Waals surface area contributed by atoms with E-state index in [2.05, 4.69) is 26.2 Å². The van der Waals surface area contributed by atoms with Gasteiger partial charge in [-0.1, -0.05) is 23.7 Å². The van der Waals surface area contributed by atoms with Gasteiger partial charge in [-0.15, -0.1) is 0 Å². The van der Waals surface area contributed by atoms with E-state index in [0.717, 1.165) is 4.47 Å². The largest absolute Gasteiger partial charge is 0.490 e. The number of aromatic nitrogens is 1. The van der Waals surface area contributed by atoms with Gasteiger partial charge in [0.15, 0.2) is 0 Å². The molecular formula is C13H13BrClN3O. The van der Waals surface area contributed by atoms with Crippen LogP contribution in [0, 0.1) is 0 Å². The van der Waals surface area contributed by atoms with E-state index in [4.69, 9.17) is 22.1 Å². The van der Waals surface area contributed by atoms with Crippen molar-refractivity contribution in [2.45, 2.75) is 0 Å². The molecule has 3 N–H and O–H groups in total. The summed E-state index contributed by atoms with van der Waals surface area (Å²) in [7, 11) is 0. The summed E-state index contributed by atoms with van der Waals surface area (Å²) in [6.45, 7) is 1.06. The molecule has 1 aromatic carbocycles.